The van der Waals surface area contributed by atoms with Gasteiger partial charge in [0.25, 0.3) is 0 Å². The van der Waals surface area contributed by atoms with Crippen molar-refractivity contribution in [2.75, 3.05) is 11.2 Å². The summed E-state index contributed by atoms with van der Waals surface area (Å²) in [5.74, 6) is -0.698. The fourth-order valence-corrected chi connectivity index (χ4v) is 2.49. The Kier molecular flexibility index (Phi) is 5.20. The molecule has 0 aliphatic rings. The molecule has 0 unspecified atom stereocenters. The minimum atomic E-state index is -0.887. The molecule has 3 aromatic rings. The van der Waals surface area contributed by atoms with Gasteiger partial charge in [0.15, 0.2) is 11.6 Å². The van der Waals surface area contributed by atoms with E-state index in [1.807, 2.05) is 12.1 Å². The Hall–Kier alpha value is -3.00. The van der Waals surface area contributed by atoms with Crippen LogP contribution in [0.4, 0.5) is 19.7 Å². The van der Waals surface area contributed by atoms with Crippen LogP contribution >= 0.6 is 11.3 Å². The molecule has 0 aliphatic heterocycles. The third kappa shape index (κ3) is 4.74. The zero-order chi connectivity index (χ0) is 17.6. The monoisotopic (exact) mass is 360 g/mol. The van der Waals surface area contributed by atoms with Gasteiger partial charge in [-0.2, -0.15) is 5.10 Å². The number of nitrogens with zero attached hydrogens (tertiary/aromatic N) is 2. The summed E-state index contributed by atoms with van der Waals surface area (Å²) in [5, 5.41) is 6.40. The molecule has 1 aromatic heterocycles. The van der Waals surface area contributed by atoms with Crippen LogP contribution in [0.3, 0.4) is 0 Å². The maximum Gasteiger partial charge on any atom is 0.205 e. The highest BCUT2D eigenvalue weighted by Gasteiger charge is 2.03. The minimum Gasteiger partial charge on any atom is -0.489 e. The highest BCUT2D eigenvalue weighted by molar-refractivity contribution is 7.14. The lowest BCUT2D eigenvalue weighted by Gasteiger charge is -2.07. The van der Waals surface area contributed by atoms with Gasteiger partial charge in [-0.15, -0.1) is 11.3 Å². The van der Waals surface area contributed by atoms with Gasteiger partial charge >= 0.3 is 0 Å². The van der Waals surface area contributed by atoms with E-state index in [0.717, 1.165) is 17.7 Å². The average Bonchev–Trinajstić information content (AvgIpc) is 3.02. The number of nitrogen functional groups attached to an aromatic ring is 1. The van der Waals surface area contributed by atoms with E-state index in [-0.39, 0.29) is 6.61 Å². The Morgan fingerprint density at radius 1 is 1.16 bits per heavy atom. The predicted molar refractivity (Wildman–Crippen MR) is 94.9 cm³/mol. The summed E-state index contributed by atoms with van der Waals surface area (Å²) in [4.78, 5) is 4.02. The summed E-state index contributed by atoms with van der Waals surface area (Å²) in [6, 6.07) is 10.9. The second-order valence-electron chi connectivity index (χ2n) is 5.05. The molecule has 2 aromatic carbocycles. The lowest BCUT2D eigenvalue weighted by molar-refractivity contribution is 0.305. The Morgan fingerprint density at radius 2 is 1.96 bits per heavy atom. The van der Waals surface area contributed by atoms with Gasteiger partial charge in [0, 0.05) is 5.38 Å². The topological polar surface area (TPSA) is 72.5 Å². The Balaban J connectivity index is 1.53. The van der Waals surface area contributed by atoms with Crippen molar-refractivity contribution in [2.24, 2.45) is 5.10 Å². The summed E-state index contributed by atoms with van der Waals surface area (Å²) in [6.07, 6.45) is 1.64. The van der Waals surface area contributed by atoms with Crippen LogP contribution in [0.1, 0.15) is 11.1 Å². The minimum absolute atomic E-state index is 0.150. The molecule has 25 heavy (non-hydrogen) atoms. The third-order valence-electron chi connectivity index (χ3n) is 3.17. The van der Waals surface area contributed by atoms with Gasteiger partial charge in [-0.3, -0.25) is 5.43 Å². The van der Waals surface area contributed by atoms with Crippen molar-refractivity contribution < 1.29 is 13.5 Å². The first kappa shape index (κ1) is 16.8. The van der Waals surface area contributed by atoms with E-state index in [4.69, 9.17) is 10.5 Å². The Bertz CT molecular complexity index is 881. The Labute approximate surface area is 146 Å². The van der Waals surface area contributed by atoms with Crippen LogP contribution in [0.2, 0.25) is 0 Å². The number of halogens is 2. The fraction of sp³-hybridized carbons (Fsp3) is 0.0588. The van der Waals surface area contributed by atoms with E-state index >= 15 is 0 Å². The smallest absolute Gasteiger partial charge is 0.205 e. The summed E-state index contributed by atoms with van der Waals surface area (Å²) in [7, 11) is 0. The van der Waals surface area contributed by atoms with Gasteiger partial charge in [0.1, 0.15) is 18.2 Å². The highest BCUT2D eigenvalue weighted by atomic mass is 32.1. The number of ether oxygens (including phenoxy) is 1. The van der Waals surface area contributed by atoms with E-state index in [1.54, 1.807) is 23.7 Å². The first-order valence-corrected chi connectivity index (χ1v) is 8.15. The summed E-state index contributed by atoms with van der Waals surface area (Å²) in [6.45, 7) is 0.150. The molecule has 0 amide bonds. The van der Waals surface area contributed by atoms with Gasteiger partial charge in [-0.05, 0) is 47.5 Å². The number of benzene rings is 2. The largest absolute Gasteiger partial charge is 0.489 e. The van der Waals surface area contributed by atoms with Crippen LogP contribution in [0, 0.1) is 11.6 Å². The number of nitrogens with one attached hydrogen (secondary N) is 1. The number of rotatable bonds is 6. The SMILES string of the molecule is Nc1csc(NN=Cc2ccc(OCc3ccc(F)c(F)c3)cc2)n1. The highest BCUT2D eigenvalue weighted by Crippen LogP contribution is 2.17. The maximum atomic E-state index is 13.1. The lowest BCUT2D eigenvalue weighted by Crippen LogP contribution is -1.97. The summed E-state index contributed by atoms with van der Waals surface area (Å²) in [5.41, 5.74) is 9.71. The van der Waals surface area contributed by atoms with E-state index < -0.39 is 11.6 Å². The van der Waals surface area contributed by atoms with E-state index in [1.165, 1.54) is 17.4 Å². The van der Waals surface area contributed by atoms with Crippen molar-refractivity contribution >= 4 is 28.5 Å². The first-order chi connectivity index (χ1) is 12.1. The first-order valence-electron chi connectivity index (χ1n) is 7.27. The summed E-state index contributed by atoms with van der Waals surface area (Å²) < 4.78 is 31.6. The molecule has 0 bridgehead atoms. The summed E-state index contributed by atoms with van der Waals surface area (Å²) >= 11 is 1.36. The molecule has 0 saturated carbocycles. The van der Waals surface area contributed by atoms with E-state index in [0.29, 0.717) is 22.3 Å². The van der Waals surface area contributed by atoms with E-state index in [9.17, 15) is 8.78 Å². The van der Waals surface area contributed by atoms with Gasteiger partial charge < -0.3 is 10.5 Å². The average molecular weight is 360 g/mol. The molecule has 5 nitrogen and oxygen atoms in total. The molecular weight excluding hydrogens is 346 g/mol. The molecule has 0 atom stereocenters. The van der Waals surface area contributed by atoms with Crippen LogP contribution in [-0.2, 0) is 6.61 Å². The predicted octanol–water partition coefficient (Wildman–Crippen LogP) is 4.03. The van der Waals surface area contributed by atoms with Gasteiger partial charge in [-0.1, -0.05) is 6.07 Å². The normalized spacial score (nSPS) is 11.0. The van der Waals surface area contributed by atoms with Gasteiger partial charge in [0.2, 0.25) is 5.13 Å². The quantitative estimate of drug-likeness (QED) is 0.514. The van der Waals surface area contributed by atoms with Crippen LogP contribution < -0.4 is 15.9 Å². The maximum absolute atomic E-state index is 13.1. The number of hydrogen-bond acceptors (Lipinski definition) is 6. The molecule has 0 radical (unpaired) electrons. The van der Waals surface area contributed by atoms with Crippen molar-refractivity contribution in [1.82, 2.24) is 4.98 Å². The zero-order valence-electron chi connectivity index (χ0n) is 12.9. The van der Waals surface area contributed by atoms with Gasteiger partial charge in [-0.25, -0.2) is 13.8 Å². The zero-order valence-corrected chi connectivity index (χ0v) is 13.8. The molecule has 0 aliphatic carbocycles. The van der Waals surface area contributed by atoms with Crippen molar-refractivity contribution in [1.29, 1.82) is 0 Å². The number of hydrogen-bond donors (Lipinski definition) is 2. The molecule has 8 heteroatoms. The number of hydrazone groups is 1. The molecule has 0 saturated heterocycles. The van der Waals surface area contributed by atoms with Gasteiger partial charge in [0.05, 0.1) is 6.21 Å². The molecule has 1 heterocycles. The standard InChI is InChI=1S/C17H14F2N4OS/c18-14-6-3-12(7-15(14)19)9-24-13-4-1-11(2-5-13)8-21-23-17-22-16(20)10-25-17/h1-8,10H,9,20H2,(H,22,23). The van der Waals surface area contributed by atoms with Crippen LogP contribution in [-0.4, -0.2) is 11.2 Å². The molecule has 3 N–H and O–H groups in total. The fourth-order valence-electron chi connectivity index (χ4n) is 1.95. The van der Waals surface area contributed by atoms with E-state index in [2.05, 4.69) is 15.5 Å². The molecule has 0 fully saturated rings. The van der Waals surface area contributed by atoms with Crippen LogP contribution in [0.25, 0.3) is 0 Å². The third-order valence-corrected chi connectivity index (χ3v) is 3.93. The van der Waals surface area contributed by atoms with Crippen molar-refractivity contribution in [3.63, 3.8) is 0 Å². The lowest BCUT2D eigenvalue weighted by atomic mass is 10.2. The number of thiazole rings is 1. The number of aromatic nitrogens is 1. The van der Waals surface area contributed by atoms with Crippen molar-refractivity contribution in [3.05, 3.63) is 70.6 Å². The van der Waals surface area contributed by atoms with Crippen molar-refractivity contribution in [3.8, 4) is 5.75 Å². The second-order valence-corrected chi connectivity index (χ2v) is 5.91. The molecular formula is C17H14F2N4OS. The Morgan fingerprint density at radius 3 is 2.64 bits per heavy atom. The number of anilines is 2. The molecule has 3 rings (SSSR count). The van der Waals surface area contributed by atoms with Crippen LogP contribution in [0.15, 0.2) is 52.9 Å². The number of nitrogens with two attached hydrogens (primary N) is 1. The van der Waals surface area contributed by atoms with Crippen LogP contribution in [0.5, 0.6) is 5.75 Å². The second kappa shape index (κ2) is 7.71. The molecule has 0 spiro atoms. The molecule has 128 valence electrons. The van der Waals surface area contributed by atoms with Crippen molar-refractivity contribution in [2.45, 2.75) is 6.61 Å².